The van der Waals surface area contributed by atoms with Crippen LogP contribution in [0.1, 0.15) is 30.1 Å². The molecule has 2 atom stereocenters. The van der Waals surface area contributed by atoms with E-state index in [9.17, 15) is 18.4 Å². The van der Waals surface area contributed by atoms with E-state index in [1.807, 2.05) is 30.3 Å². The number of anilines is 2. The number of carbonyl (C=O) groups excluding carboxylic acids is 2. The van der Waals surface area contributed by atoms with Crippen LogP contribution in [0, 0.1) is 11.6 Å². The maximum atomic E-state index is 14.3. The van der Waals surface area contributed by atoms with Crippen LogP contribution in [0.3, 0.4) is 0 Å². The Hall–Kier alpha value is -4.51. The van der Waals surface area contributed by atoms with Gasteiger partial charge in [-0.2, -0.15) is 0 Å². The van der Waals surface area contributed by atoms with Crippen LogP contribution < -0.4 is 25.4 Å². The zero-order valence-electron chi connectivity index (χ0n) is 25.1. The zero-order valence-corrected chi connectivity index (χ0v) is 25.9. The first-order chi connectivity index (χ1) is 22.2. The van der Waals surface area contributed by atoms with Crippen molar-refractivity contribution in [1.82, 2.24) is 9.74 Å². The molecule has 3 N–H and O–H groups in total. The molecular weight excluding hydrogens is 614 g/mol. The second-order valence-electron chi connectivity index (χ2n) is 11.4. The van der Waals surface area contributed by atoms with Crippen molar-refractivity contribution >= 4 is 35.0 Å². The van der Waals surface area contributed by atoms with E-state index in [1.54, 1.807) is 34.8 Å². The SMILES string of the molecule is CC(=O)Nc1cccc(-c2cc(NC(=O)c3ccc(OC4CCN(Cl)C4)c(-c4ccc(F)c(F)c4)c3)ccc2OC2CCNC2)c1. The van der Waals surface area contributed by atoms with Gasteiger partial charge in [-0.05, 0) is 103 Å². The van der Waals surface area contributed by atoms with Gasteiger partial charge in [0.05, 0.1) is 6.54 Å². The fourth-order valence-electron chi connectivity index (χ4n) is 5.64. The Balaban J connectivity index is 1.31. The lowest BCUT2D eigenvalue weighted by Crippen LogP contribution is -2.20. The van der Waals surface area contributed by atoms with Crippen LogP contribution >= 0.6 is 11.8 Å². The number of hydrogen-bond acceptors (Lipinski definition) is 6. The fourth-order valence-corrected chi connectivity index (χ4v) is 5.89. The number of halogens is 3. The number of ether oxygens (including phenoxy) is 2. The number of nitrogens with zero attached hydrogens (tertiary/aromatic N) is 1. The van der Waals surface area contributed by atoms with Gasteiger partial charge in [-0.1, -0.05) is 18.2 Å². The first kappa shape index (κ1) is 31.5. The Morgan fingerprint density at radius 2 is 1.57 bits per heavy atom. The van der Waals surface area contributed by atoms with E-state index < -0.39 is 17.5 Å². The van der Waals surface area contributed by atoms with Crippen molar-refractivity contribution in [3.8, 4) is 33.8 Å². The highest BCUT2D eigenvalue weighted by molar-refractivity contribution is 6.13. The molecule has 11 heteroatoms. The summed E-state index contributed by atoms with van der Waals surface area (Å²) in [6.07, 6.45) is 1.39. The normalized spacial score (nSPS) is 17.9. The summed E-state index contributed by atoms with van der Waals surface area (Å²) in [4.78, 5) is 25.3. The minimum atomic E-state index is -1.00. The van der Waals surface area contributed by atoms with Gasteiger partial charge >= 0.3 is 0 Å². The molecule has 2 aliphatic rings. The van der Waals surface area contributed by atoms with Crippen molar-refractivity contribution in [2.45, 2.75) is 32.0 Å². The lowest BCUT2D eigenvalue weighted by atomic mass is 10.0. The van der Waals surface area contributed by atoms with Gasteiger partial charge < -0.3 is 25.4 Å². The Morgan fingerprint density at radius 1 is 0.826 bits per heavy atom. The molecule has 0 aliphatic carbocycles. The summed E-state index contributed by atoms with van der Waals surface area (Å²) in [6, 6.07) is 21.3. The van der Waals surface area contributed by atoms with Gasteiger partial charge in [-0.15, -0.1) is 0 Å². The van der Waals surface area contributed by atoms with E-state index in [0.717, 1.165) is 42.8 Å². The van der Waals surface area contributed by atoms with E-state index >= 15 is 0 Å². The number of benzene rings is 4. The van der Waals surface area contributed by atoms with Crippen molar-refractivity contribution in [2.24, 2.45) is 0 Å². The second-order valence-corrected chi connectivity index (χ2v) is 11.9. The van der Waals surface area contributed by atoms with Gasteiger partial charge in [0.2, 0.25) is 5.91 Å². The van der Waals surface area contributed by atoms with Crippen molar-refractivity contribution in [3.05, 3.63) is 96.1 Å². The van der Waals surface area contributed by atoms with Crippen LogP contribution in [0.25, 0.3) is 22.3 Å². The summed E-state index contributed by atoms with van der Waals surface area (Å²) in [7, 11) is 0. The Labute approximate surface area is 270 Å². The molecule has 2 heterocycles. The molecule has 2 saturated heterocycles. The van der Waals surface area contributed by atoms with Gasteiger partial charge in [0.15, 0.2) is 11.6 Å². The summed E-state index contributed by atoms with van der Waals surface area (Å²) in [5, 5.41) is 9.07. The predicted molar refractivity (Wildman–Crippen MR) is 174 cm³/mol. The minimum absolute atomic E-state index is 0.00455. The van der Waals surface area contributed by atoms with Crippen molar-refractivity contribution in [2.75, 3.05) is 36.8 Å². The smallest absolute Gasteiger partial charge is 0.255 e. The topological polar surface area (TPSA) is 91.9 Å². The van der Waals surface area contributed by atoms with E-state index in [2.05, 4.69) is 16.0 Å². The molecule has 4 aromatic carbocycles. The Bertz CT molecular complexity index is 1760. The summed E-state index contributed by atoms with van der Waals surface area (Å²) in [5.41, 5.74) is 3.81. The highest BCUT2D eigenvalue weighted by Gasteiger charge is 2.25. The minimum Gasteiger partial charge on any atom is -0.488 e. The van der Waals surface area contributed by atoms with E-state index in [4.69, 9.17) is 21.3 Å². The molecule has 46 heavy (non-hydrogen) atoms. The van der Waals surface area contributed by atoms with Crippen LogP contribution in [0.2, 0.25) is 0 Å². The molecule has 2 fully saturated rings. The molecule has 2 unspecified atom stereocenters. The molecule has 0 spiro atoms. The van der Waals surface area contributed by atoms with Crippen LogP contribution in [0.15, 0.2) is 78.9 Å². The maximum absolute atomic E-state index is 14.3. The quantitative estimate of drug-likeness (QED) is 0.172. The van der Waals surface area contributed by atoms with Gasteiger partial charge in [0.1, 0.15) is 23.7 Å². The third kappa shape index (κ3) is 7.47. The molecular formula is C35H33ClF2N4O4. The number of hydrogen-bond donors (Lipinski definition) is 3. The molecule has 2 amide bonds. The number of nitrogens with one attached hydrogen (secondary N) is 3. The third-order valence-corrected chi connectivity index (χ3v) is 8.21. The Morgan fingerprint density at radius 3 is 2.28 bits per heavy atom. The maximum Gasteiger partial charge on any atom is 0.255 e. The van der Waals surface area contributed by atoms with E-state index in [1.165, 1.54) is 13.0 Å². The zero-order chi connectivity index (χ0) is 32.2. The van der Waals surface area contributed by atoms with Crippen LogP contribution in [-0.4, -0.2) is 54.6 Å². The summed E-state index contributed by atoms with van der Waals surface area (Å²) < 4.78 is 42.2. The first-order valence-corrected chi connectivity index (χ1v) is 15.4. The van der Waals surface area contributed by atoms with E-state index in [0.29, 0.717) is 59.1 Å². The van der Waals surface area contributed by atoms with Gasteiger partial charge in [0, 0.05) is 48.1 Å². The molecule has 0 aromatic heterocycles. The average Bonchev–Trinajstić information content (AvgIpc) is 3.70. The summed E-state index contributed by atoms with van der Waals surface area (Å²) >= 11 is 6.12. The van der Waals surface area contributed by atoms with Crippen LogP contribution in [-0.2, 0) is 4.79 Å². The summed E-state index contributed by atoms with van der Waals surface area (Å²) in [5.74, 6) is -1.48. The molecule has 0 saturated carbocycles. The first-order valence-electron chi connectivity index (χ1n) is 15.1. The van der Waals surface area contributed by atoms with Crippen molar-refractivity contribution in [1.29, 1.82) is 0 Å². The number of carbonyl (C=O) groups is 2. The number of amides is 2. The van der Waals surface area contributed by atoms with Gasteiger partial charge in [0.25, 0.3) is 5.91 Å². The third-order valence-electron chi connectivity index (χ3n) is 7.90. The standard InChI is InChI=1S/C35H33ClF2N4O4/c1-21(43)40-25-4-2-3-22(15-25)30-18-26(7-10-34(30)45-27-11-13-39-19-27)41-35(44)24-6-9-33(46-28-12-14-42(36)20-28)29(16-24)23-5-8-31(37)32(38)17-23/h2-10,15-18,27-28,39H,11-14,19-20H2,1H3,(H,40,43)(H,41,44). The van der Waals surface area contributed by atoms with Crippen LogP contribution in [0.4, 0.5) is 20.2 Å². The molecule has 4 aromatic rings. The van der Waals surface area contributed by atoms with E-state index in [-0.39, 0.29) is 18.1 Å². The van der Waals surface area contributed by atoms with Gasteiger partial charge in [-0.25, -0.2) is 13.2 Å². The molecule has 6 rings (SSSR count). The molecule has 0 radical (unpaired) electrons. The Kier molecular flexibility index (Phi) is 9.48. The largest absolute Gasteiger partial charge is 0.488 e. The van der Waals surface area contributed by atoms with Crippen LogP contribution in [0.5, 0.6) is 11.5 Å². The highest BCUT2D eigenvalue weighted by atomic mass is 35.5. The predicted octanol–water partition coefficient (Wildman–Crippen LogP) is 6.86. The molecule has 8 nitrogen and oxygen atoms in total. The van der Waals surface area contributed by atoms with Crippen molar-refractivity contribution in [3.63, 3.8) is 0 Å². The van der Waals surface area contributed by atoms with Crippen molar-refractivity contribution < 1.29 is 27.8 Å². The van der Waals surface area contributed by atoms with Gasteiger partial charge in [-0.3, -0.25) is 9.59 Å². The second kappa shape index (κ2) is 13.9. The highest BCUT2D eigenvalue weighted by Crippen LogP contribution is 2.37. The lowest BCUT2D eigenvalue weighted by molar-refractivity contribution is -0.114. The fraction of sp³-hybridized carbons (Fsp3) is 0.257. The lowest BCUT2D eigenvalue weighted by Gasteiger charge is -2.19. The molecule has 238 valence electrons. The molecule has 0 bridgehead atoms. The summed E-state index contributed by atoms with van der Waals surface area (Å²) in [6.45, 7) is 4.22. The molecule has 2 aliphatic heterocycles. The average molecular weight is 647 g/mol. The number of rotatable bonds is 9. The monoisotopic (exact) mass is 646 g/mol.